The number of fused-ring (bicyclic) bond motifs is 1. The van der Waals surface area contributed by atoms with Gasteiger partial charge < -0.3 is 0 Å². The second kappa shape index (κ2) is 4.66. The van der Waals surface area contributed by atoms with Gasteiger partial charge in [0.15, 0.2) is 5.13 Å². The maximum atomic E-state index is 12.0. The molecule has 0 unspecified atom stereocenters. The van der Waals surface area contributed by atoms with Crippen LogP contribution in [0.2, 0.25) is 5.02 Å². The molecule has 0 aliphatic heterocycles. The first-order chi connectivity index (χ1) is 8.74. The molecule has 4 nitrogen and oxygen atoms in total. The number of hydrogen-bond donors (Lipinski definition) is 1. The summed E-state index contributed by atoms with van der Waals surface area (Å²) in [5.41, 5.74) is 1.49. The van der Waals surface area contributed by atoms with Crippen molar-refractivity contribution in [2.45, 2.75) is 19.3 Å². The van der Waals surface area contributed by atoms with Gasteiger partial charge in [-0.2, -0.15) is 0 Å². The Morgan fingerprint density at radius 1 is 1.44 bits per heavy atom. The highest BCUT2D eigenvalue weighted by molar-refractivity contribution is 7.16. The van der Waals surface area contributed by atoms with Gasteiger partial charge in [0.1, 0.15) is 0 Å². The molecule has 1 amide bonds. The van der Waals surface area contributed by atoms with Gasteiger partial charge in [0.25, 0.3) is 5.91 Å². The van der Waals surface area contributed by atoms with E-state index in [0.29, 0.717) is 15.7 Å². The van der Waals surface area contributed by atoms with Gasteiger partial charge in [-0.25, -0.2) is 4.98 Å². The predicted molar refractivity (Wildman–Crippen MR) is 71.3 cm³/mol. The summed E-state index contributed by atoms with van der Waals surface area (Å²) in [5, 5.41) is 3.81. The minimum Gasteiger partial charge on any atom is -0.298 e. The molecule has 92 valence electrons. The fraction of sp³-hybridized carbons (Fsp3) is 0.250. The van der Waals surface area contributed by atoms with Crippen LogP contribution in [0.15, 0.2) is 18.5 Å². The van der Waals surface area contributed by atoms with Crippen molar-refractivity contribution in [3.63, 3.8) is 0 Å². The van der Waals surface area contributed by atoms with Crippen LogP contribution < -0.4 is 5.32 Å². The normalized spacial score (nSPS) is 13.4. The highest BCUT2D eigenvalue weighted by Gasteiger charge is 2.18. The Morgan fingerprint density at radius 3 is 3.11 bits per heavy atom. The van der Waals surface area contributed by atoms with E-state index in [-0.39, 0.29) is 5.91 Å². The number of aromatic nitrogens is 2. The highest BCUT2D eigenvalue weighted by Crippen LogP contribution is 2.30. The van der Waals surface area contributed by atoms with Crippen LogP contribution in [-0.2, 0) is 12.8 Å². The number of carbonyl (C=O) groups excluding carboxylic acids is 1. The number of amides is 1. The molecule has 18 heavy (non-hydrogen) atoms. The summed E-state index contributed by atoms with van der Waals surface area (Å²) in [5.74, 6) is -0.263. The van der Waals surface area contributed by atoms with Crippen LogP contribution in [0.5, 0.6) is 0 Å². The Kier molecular flexibility index (Phi) is 3.01. The monoisotopic (exact) mass is 279 g/mol. The van der Waals surface area contributed by atoms with E-state index in [2.05, 4.69) is 15.3 Å². The Balaban J connectivity index is 1.80. The van der Waals surface area contributed by atoms with Gasteiger partial charge in [-0.1, -0.05) is 11.6 Å². The van der Waals surface area contributed by atoms with Crippen LogP contribution >= 0.6 is 22.9 Å². The molecule has 0 bridgehead atoms. The van der Waals surface area contributed by atoms with E-state index in [1.807, 2.05) is 0 Å². The maximum absolute atomic E-state index is 12.0. The molecule has 0 radical (unpaired) electrons. The third-order valence-corrected chi connectivity index (χ3v) is 4.23. The summed E-state index contributed by atoms with van der Waals surface area (Å²) < 4.78 is 0. The Morgan fingerprint density at radius 2 is 2.33 bits per heavy atom. The van der Waals surface area contributed by atoms with Crippen LogP contribution in [0.1, 0.15) is 27.3 Å². The number of aryl methyl sites for hydroxylation is 2. The van der Waals surface area contributed by atoms with Gasteiger partial charge in [0, 0.05) is 17.3 Å². The van der Waals surface area contributed by atoms with E-state index in [4.69, 9.17) is 11.6 Å². The molecule has 6 heteroatoms. The zero-order valence-corrected chi connectivity index (χ0v) is 11.0. The minimum absolute atomic E-state index is 0.263. The molecule has 1 N–H and O–H groups in total. The maximum Gasteiger partial charge on any atom is 0.260 e. The number of hydrogen-bond acceptors (Lipinski definition) is 4. The van der Waals surface area contributed by atoms with Crippen molar-refractivity contribution >= 4 is 34.0 Å². The summed E-state index contributed by atoms with van der Waals surface area (Å²) in [6.45, 7) is 0. The first-order valence-electron chi connectivity index (χ1n) is 5.63. The molecule has 0 aromatic carbocycles. The first-order valence-corrected chi connectivity index (χ1v) is 6.83. The van der Waals surface area contributed by atoms with Crippen LogP contribution in [-0.4, -0.2) is 15.9 Å². The lowest BCUT2D eigenvalue weighted by Gasteiger charge is -2.02. The molecule has 0 spiro atoms. The molecule has 3 rings (SSSR count). The topological polar surface area (TPSA) is 54.9 Å². The van der Waals surface area contributed by atoms with Crippen molar-refractivity contribution in [2.24, 2.45) is 0 Å². The van der Waals surface area contributed by atoms with Crippen molar-refractivity contribution in [3.8, 4) is 0 Å². The molecule has 1 aliphatic rings. The highest BCUT2D eigenvalue weighted by atomic mass is 35.5. The molecule has 0 saturated carbocycles. The minimum atomic E-state index is -0.263. The predicted octanol–water partition coefficient (Wildman–Crippen LogP) is 2.93. The van der Waals surface area contributed by atoms with E-state index >= 15 is 0 Å². The number of halogens is 1. The molecule has 0 atom stereocenters. The second-order valence-corrected chi connectivity index (χ2v) is 5.54. The Bertz CT molecular complexity index is 590. The molecule has 0 fully saturated rings. The lowest BCUT2D eigenvalue weighted by molar-refractivity contribution is 0.102. The molecular weight excluding hydrogens is 270 g/mol. The zero-order valence-electron chi connectivity index (χ0n) is 9.44. The van der Waals surface area contributed by atoms with Crippen molar-refractivity contribution in [2.75, 3.05) is 5.32 Å². The summed E-state index contributed by atoms with van der Waals surface area (Å²) in [7, 11) is 0. The third kappa shape index (κ3) is 2.11. The van der Waals surface area contributed by atoms with Gasteiger partial charge in [-0.3, -0.25) is 15.1 Å². The lowest BCUT2D eigenvalue weighted by atomic mass is 10.3. The molecule has 1 aliphatic carbocycles. The molecule has 2 aromatic heterocycles. The van der Waals surface area contributed by atoms with Crippen LogP contribution in [0.4, 0.5) is 5.13 Å². The number of rotatable bonds is 2. The van der Waals surface area contributed by atoms with Gasteiger partial charge in [-0.05, 0) is 25.3 Å². The van der Waals surface area contributed by atoms with E-state index < -0.39 is 0 Å². The van der Waals surface area contributed by atoms with Crippen LogP contribution in [0, 0.1) is 0 Å². The third-order valence-electron chi connectivity index (χ3n) is 2.83. The number of nitrogens with one attached hydrogen (secondary N) is 1. The average molecular weight is 280 g/mol. The van der Waals surface area contributed by atoms with Crippen molar-refractivity contribution in [1.82, 2.24) is 9.97 Å². The smallest absolute Gasteiger partial charge is 0.260 e. The van der Waals surface area contributed by atoms with E-state index in [1.54, 1.807) is 23.6 Å². The van der Waals surface area contributed by atoms with Crippen LogP contribution in [0.25, 0.3) is 0 Å². The van der Waals surface area contributed by atoms with E-state index in [1.165, 1.54) is 11.1 Å². The van der Waals surface area contributed by atoms with Crippen molar-refractivity contribution < 1.29 is 4.79 Å². The van der Waals surface area contributed by atoms with Crippen LogP contribution in [0.3, 0.4) is 0 Å². The van der Waals surface area contributed by atoms with Gasteiger partial charge in [0.2, 0.25) is 0 Å². The number of pyridine rings is 1. The molecule has 2 aromatic rings. The molecule has 0 saturated heterocycles. The standard InChI is InChI=1S/C12H10ClN3OS/c13-8-4-5-14-6-7(8)11(17)16-12-15-9-2-1-3-10(9)18-12/h4-6H,1-3H2,(H,15,16,17). The average Bonchev–Trinajstić information content (AvgIpc) is 2.90. The molecular formula is C12H10ClN3OS. The Hall–Kier alpha value is -1.46. The van der Waals surface area contributed by atoms with E-state index in [9.17, 15) is 4.79 Å². The SMILES string of the molecule is O=C(Nc1nc2c(s1)CCC2)c1cnccc1Cl. The van der Waals surface area contributed by atoms with Gasteiger partial charge >= 0.3 is 0 Å². The number of nitrogens with zero attached hydrogens (tertiary/aromatic N) is 2. The van der Waals surface area contributed by atoms with Gasteiger partial charge in [-0.15, -0.1) is 11.3 Å². The number of carbonyl (C=O) groups is 1. The fourth-order valence-electron chi connectivity index (χ4n) is 1.95. The summed E-state index contributed by atoms with van der Waals surface area (Å²) >= 11 is 7.49. The number of anilines is 1. The molecule has 2 heterocycles. The van der Waals surface area contributed by atoms with Crippen molar-refractivity contribution in [1.29, 1.82) is 0 Å². The lowest BCUT2D eigenvalue weighted by Crippen LogP contribution is -2.12. The summed E-state index contributed by atoms with van der Waals surface area (Å²) in [4.78, 5) is 21.6. The fourth-order valence-corrected chi connectivity index (χ4v) is 3.19. The number of thiazole rings is 1. The quantitative estimate of drug-likeness (QED) is 0.919. The Labute approximate surface area is 113 Å². The second-order valence-electron chi connectivity index (χ2n) is 4.05. The summed E-state index contributed by atoms with van der Waals surface area (Å²) in [6.07, 6.45) is 6.25. The van der Waals surface area contributed by atoms with Gasteiger partial charge in [0.05, 0.1) is 16.3 Å². The summed E-state index contributed by atoms with van der Waals surface area (Å²) in [6, 6.07) is 1.60. The van der Waals surface area contributed by atoms with E-state index in [0.717, 1.165) is 25.0 Å². The first kappa shape index (κ1) is 11.6. The van der Waals surface area contributed by atoms with Crippen molar-refractivity contribution in [3.05, 3.63) is 39.6 Å². The largest absolute Gasteiger partial charge is 0.298 e. The zero-order chi connectivity index (χ0) is 12.5.